The van der Waals surface area contributed by atoms with Gasteiger partial charge in [-0.15, -0.1) is 0 Å². The van der Waals surface area contributed by atoms with E-state index >= 15 is 0 Å². The molecule has 0 amide bonds. The van der Waals surface area contributed by atoms with Crippen LogP contribution in [0.25, 0.3) is 0 Å². The van der Waals surface area contributed by atoms with E-state index in [-0.39, 0.29) is 15.7 Å². The number of nitrogens with one attached hydrogen (secondary N) is 2. The summed E-state index contributed by atoms with van der Waals surface area (Å²) in [4.78, 5) is 9.82. The van der Waals surface area contributed by atoms with Crippen LogP contribution < -0.4 is 15.8 Å². The normalized spacial score (nSPS) is 10.3. The highest BCUT2D eigenvalue weighted by molar-refractivity contribution is 7.80. The van der Waals surface area contributed by atoms with Gasteiger partial charge in [0.1, 0.15) is 0 Å². The number of hydrogen-bond donors (Lipinski definition) is 2. The van der Waals surface area contributed by atoms with Crippen LogP contribution in [0.5, 0.6) is 5.75 Å². The van der Waals surface area contributed by atoms with Crippen LogP contribution in [0, 0.1) is 10.1 Å². The number of nitrogens with zero attached hydrogens (tertiary/aromatic N) is 2. The SMILES string of the molecule is CNC(=S)N/N=C\c1cc(Cl)cc([N+](=O)[O-])c1[O-]. The molecule has 0 bridgehead atoms. The van der Waals surface area contributed by atoms with Crippen LogP contribution in [0.1, 0.15) is 5.56 Å². The number of benzene rings is 1. The van der Waals surface area contributed by atoms with Gasteiger partial charge in [-0.3, -0.25) is 15.5 Å². The number of rotatable bonds is 3. The minimum atomic E-state index is -0.794. The number of nitro groups is 1. The molecule has 0 fully saturated rings. The molecule has 7 nitrogen and oxygen atoms in total. The van der Waals surface area contributed by atoms with Crippen molar-refractivity contribution in [3.63, 3.8) is 0 Å². The van der Waals surface area contributed by atoms with Crippen LogP contribution >= 0.6 is 23.8 Å². The van der Waals surface area contributed by atoms with Gasteiger partial charge in [0, 0.05) is 18.1 Å². The molecule has 0 saturated heterocycles. The second-order valence-corrected chi connectivity index (χ2v) is 3.89. The first-order chi connectivity index (χ1) is 8.45. The standard InChI is InChI=1S/C9H9ClN4O3S/c1-11-9(18)13-12-4-5-2-6(10)3-7(8(5)15)14(16)17/h2-4,15H,1H3,(H2,11,13,18)/p-1/b12-4-. The van der Waals surface area contributed by atoms with Crippen LogP contribution in [0.2, 0.25) is 5.02 Å². The van der Waals surface area contributed by atoms with Crippen molar-refractivity contribution >= 4 is 40.8 Å². The van der Waals surface area contributed by atoms with Gasteiger partial charge in [-0.2, -0.15) is 5.10 Å². The van der Waals surface area contributed by atoms with E-state index in [9.17, 15) is 15.2 Å². The molecular weight excluding hydrogens is 280 g/mol. The largest absolute Gasteiger partial charge is 0.867 e. The lowest BCUT2D eigenvalue weighted by Gasteiger charge is -2.10. The summed E-state index contributed by atoms with van der Waals surface area (Å²) in [6, 6.07) is 2.28. The third kappa shape index (κ3) is 3.54. The summed E-state index contributed by atoms with van der Waals surface area (Å²) in [6.45, 7) is 0. The van der Waals surface area contributed by atoms with E-state index in [1.54, 1.807) is 7.05 Å². The first-order valence-corrected chi connectivity index (χ1v) is 5.40. The van der Waals surface area contributed by atoms with Gasteiger partial charge in [-0.25, -0.2) is 0 Å². The monoisotopic (exact) mass is 287 g/mol. The zero-order valence-electron chi connectivity index (χ0n) is 9.14. The average molecular weight is 288 g/mol. The molecule has 0 atom stereocenters. The minimum absolute atomic E-state index is 0.000558. The topological polar surface area (TPSA) is 103 Å². The minimum Gasteiger partial charge on any atom is -0.867 e. The summed E-state index contributed by atoms with van der Waals surface area (Å²) in [6.07, 6.45) is 1.12. The Labute approximate surface area is 113 Å². The molecule has 0 aromatic heterocycles. The molecule has 0 aliphatic heterocycles. The van der Waals surface area contributed by atoms with Crippen LogP contribution in [-0.2, 0) is 0 Å². The average Bonchev–Trinajstić information content (AvgIpc) is 2.32. The van der Waals surface area contributed by atoms with E-state index in [1.165, 1.54) is 6.07 Å². The lowest BCUT2D eigenvalue weighted by atomic mass is 10.2. The van der Waals surface area contributed by atoms with Gasteiger partial charge < -0.3 is 10.4 Å². The van der Waals surface area contributed by atoms with Crippen molar-refractivity contribution in [1.29, 1.82) is 0 Å². The summed E-state index contributed by atoms with van der Waals surface area (Å²) in [5, 5.41) is 28.8. The Morgan fingerprint density at radius 3 is 2.83 bits per heavy atom. The smallest absolute Gasteiger partial charge is 0.263 e. The van der Waals surface area contributed by atoms with Crippen LogP contribution in [0.3, 0.4) is 0 Å². The zero-order chi connectivity index (χ0) is 13.7. The van der Waals surface area contributed by atoms with E-state index < -0.39 is 16.4 Å². The Balaban J connectivity index is 3.02. The fourth-order valence-electron chi connectivity index (χ4n) is 1.05. The first-order valence-electron chi connectivity index (χ1n) is 4.61. The Hall–Kier alpha value is -1.93. The molecular formula is C9H8ClN4O3S-. The maximum absolute atomic E-state index is 11.6. The molecule has 1 rings (SSSR count). The van der Waals surface area contributed by atoms with E-state index in [1.807, 2.05) is 0 Å². The molecule has 0 radical (unpaired) electrons. The molecule has 1 aromatic rings. The van der Waals surface area contributed by atoms with Crippen molar-refractivity contribution in [2.45, 2.75) is 0 Å². The van der Waals surface area contributed by atoms with Crippen LogP contribution in [-0.4, -0.2) is 23.3 Å². The molecule has 0 aliphatic rings. The Morgan fingerprint density at radius 2 is 2.28 bits per heavy atom. The van der Waals surface area contributed by atoms with Gasteiger partial charge in [0.2, 0.25) is 0 Å². The van der Waals surface area contributed by atoms with Crippen molar-refractivity contribution in [3.05, 3.63) is 32.8 Å². The highest BCUT2D eigenvalue weighted by Crippen LogP contribution is 2.29. The quantitative estimate of drug-likeness (QED) is 0.368. The van der Waals surface area contributed by atoms with Crippen molar-refractivity contribution in [2.24, 2.45) is 5.10 Å². The lowest BCUT2D eigenvalue weighted by Crippen LogP contribution is -2.28. The summed E-state index contributed by atoms with van der Waals surface area (Å²) in [5.74, 6) is -0.759. The van der Waals surface area contributed by atoms with Gasteiger partial charge in [-0.05, 0) is 29.6 Å². The highest BCUT2D eigenvalue weighted by atomic mass is 35.5. The third-order valence-corrected chi connectivity index (χ3v) is 2.37. The van der Waals surface area contributed by atoms with Gasteiger partial charge in [0.25, 0.3) is 5.69 Å². The fraction of sp³-hybridized carbons (Fsp3) is 0.111. The number of halogens is 1. The van der Waals surface area contributed by atoms with Crippen molar-refractivity contribution in [3.8, 4) is 5.75 Å². The van der Waals surface area contributed by atoms with Crippen LogP contribution in [0.4, 0.5) is 5.69 Å². The molecule has 0 heterocycles. The van der Waals surface area contributed by atoms with Crippen molar-refractivity contribution < 1.29 is 10.0 Å². The zero-order valence-corrected chi connectivity index (χ0v) is 10.7. The van der Waals surface area contributed by atoms with Gasteiger partial charge in [0.15, 0.2) is 5.11 Å². The summed E-state index contributed by atoms with van der Waals surface area (Å²) in [7, 11) is 1.59. The first kappa shape index (κ1) is 14.1. The van der Waals surface area contributed by atoms with Gasteiger partial charge >= 0.3 is 0 Å². The molecule has 0 unspecified atom stereocenters. The maximum Gasteiger partial charge on any atom is 0.263 e. The number of hydrazone groups is 1. The molecule has 9 heteroatoms. The number of hydrogen-bond acceptors (Lipinski definition) is 5. The number of thiocarbonyl (C=S) groups is 1. The molecule has 0 spiro atoms. The number of nitro benzene ring substituents is 1. The van der Waals surface area contributed by atoms with Gasteiger partial charge in [-0.1, -0.05) is 11.6 Å². The van der Waals surface area contributed by atoms with Gasteiger partial charge in [0.05, 0.1) is 11.1 Å². The van der Waals surface area contributed by atoms with E-state index in [4.69, 9.17) is 23.8 Å². The Kier molecular flexibility index (Phi) is 4.81. The highest BCUT2D eigenvalue weighted by Gasteiger charge is 2.11. The molecule has 96 valence electrons. The summed E-state index contributed by atoms with van der Waals surface area (Å²) in [5.41, 5.74) is 1.82. The molecule has 0 saturated carbocycles. The van der Waals surface area contributed by atoms with E-state index in [0.29, 0.717) is 0 Å². The summed E-state index contributed by atoms with van der Waals surface area (Å²) >= 11 is 10.4. The lowest BCUT2D eigenvalue weighted by molar-refractivity contribution is -0.398. The Morgan fingerprint density at radius 1 is 1.61 bits per heavy atom. The molecule has 18 heavy (non-hydrogen) atoms. The van der Waals surface area contributed by atoms with E-state index in [0.717, 1.165) is 12.3 Å². The fourth-order valence-corrected chi connectivity index (χ4v) is 1.32. The second-order valence-electron chi connectivity index (χ2n) is 3.05. The molecule has 2 N–H and O–H groups in total. The predicted molar refractivity (Wildman–Crippen MR) is 69.9 cm³/mol. The summed E-state index contributed by atoms with van der Waals surface area (Å²) < 4.78 is 0. The second kappa shape index (κ2) is 6.12. The molecule has 0 aliphatic carbocycles. The predicted octanol–water partition coefficient (Wildman–Crippen LogP) is 0.750. The Bertz CT molecular complexity index is 521. The van der Waals surface area contributed by atoms with Crippen molar-refractivity contribution in [1.82, 2.24) is 10.7 Å². The third-order valence-electron chi connectivity index (χ3n) is 1.86. The molecule has 1 aromatic carbocycles. The maximum atomic E-state index is 11.6. The van der Waals surface area contributed by atoms with Crippen molar-refractivity contribution in [2.75, 3.05) is 7.05 Å². The van der Waals surface area contributed by atoms with E-state index in [2.05, 4.69) is 15.8 Å². The van der Waals surface area contributed by atoms with Crippen LogP contribution in [0.15, 0.2) is 17.2 Å².